The molecular weight excluding hydrogens is 303 g/mol. The van der Waals surface area contributed by atoms with Crippen molar-refractivity contribution in [3.05, 3.63) is 12.3 Å². The summed E-state index contributed by atoms with van der Waals surface area (Å²) in [6, 6.07) is 0. The summed E-state index contributed by atoms with van der Waals surface area (Å²) in [5, 5.41) is 0. The molecule has 0 saturated heterocycles. The van der Waals surface area contributed by atoms with Crippen LogP contribution in [0.3, 0.4) is 0 Å². The van der Waals surface area contributed by atoms with E-state index < -0.39 is 9.04 Å². The van der Waals surface area contributed by atoms with Crippen molar-refractivity contribution in [3.63, 3.8) is 0 Å². The Morgan fingerprint density at radius 2 is 2.29 bits per heavy atom. The van der Waals surface area contributed by atoms with Gasteiger partial charge in [-0.1, -0.05) is 5.70 Å². The quantitative estimate of drug-likeness (QED) is 0.632. The molecule has 0 aromatic rings. The summed E-state index contributed by atoms with van der Waals surface area (Å²) in [6.07, 6.45) is 0. The zero-order valence-corrected chi connectivity index (χ0v) is 9.13. The van der Waals surface area contributed by atoms with Gasteiger partial charge in [-0.15, -0.1) is 6.58 Å². The standard InChI is InChI=1S/C3H9OSi2.Pt/c1-3-6(2)4-5;/h3,6H,1,5H2,2H3;. The normalized spacial score (nSPS) is 11.7. The molecule has 1 unspecified atom stereocenters. The van der Waals surface area contributed by atoms with Gasteiger partial charge in [-0.05, 0) is 6.55 Å². The van der Waals surface area contributed by atoms with Crippen molar-refractivity contribution in [2.45, 2.75) is 6.55 Å². The maximum absolute atomic E-state index is 4.95. The summed E-state index contributed by atoms with van der Waals surface area (Å²) in [7, 11) is 0.667. The molecule has 0 heterocycles. The molecule has 45 valence electrons. The van der Waals surface area contributed by atoms with E-state index in [2.05, 4.69) is 13.1 Å². The molecule has 0 aliphatic carbocycles. The first-order valence-corrected chi connectivity index (χ1v) is 4.71. The molecule has 0 aromatic carbocycles. The topological polar surface area (TPSA) is 9.23 Å². The maximum atomic E-state index is 4.95. The average molecular weight is 312 g/mol. The molecular formula is C3H9OPtSi2. The van der Waals surface area contributed by atoms with Gasteiger partial charge in [0.2, 0.25) is 0 Å². The third-order valence-corrected chi connectivity index (χ3v) is 3.36. The van der Waals surface area contributed by atoms with Crippen LogP contribution in [0.15, 0.2) is 12.3 Å². The average Bonchev–Trinajstić information content (AvgIpc) is 1.65. The summed E-state index contributed by atoms with van der Waals surface area (Å²) in [5.74, 6) is 0. The van der Waals surface area contributed by atoms with Crippen molar-refractivity contribution in [2.75, 3.05) is 0 Å². The molecule has 1 atom stereocenters. The van der Waals surface area contributed by atoms with E-state index in [4.69, 9.17) is 4.12 Å². The number of rotatable bonds is 2. The van der Waals surface area contributed by atoms with Gasteiger partial charge in [0, 0.05) is 21.1 Å². The zero-order chi connectivity index (χ0) is 4.99. The molecule has 1 radical (unpaired) electrons. The van der Waals surface area contributed by atoms with Gasteiger partial charge >= 0.3 is 0 Å². The van der Waals surface area contributed by atoms with Gasteiger partial charge in [-0.25, -0.2) is 0 Å². The Morgan fingerprint density at radius 1 is 1.86 bits per heavy atom. The predicted molar refractivity (Wildman–Crippen MR) is 32.8 cm³/mol. The van der Waals surface area contributed by atoms with Crippen molar-refractivity contribution in [1.82, 2.24) is 0 Å². The molecule has 1 nitrogen and oxygen atoms in total. The second-order valence-corrected chi connectivity index (χ2v) is 4.32. The molecule has 0 aromatic heterocycles. The van der Waals surface area contributed by atoms with E-state index in [0.717, 1.165) is 0 Å². The third kappa shape index (κ3) is 6.82. The SMILES string of the molecule is C=C[SiH](C)O[SiH2].[Pt]. The fourth-order valence-electron chi connectivity index (χ4n) is 0.0680. The van der Waals surface area contributed by atoms with E-state index in [-0.39, 0.29) is 21.1 Å². The first-order valence-electron chi connectivity index (χ1n) is 1.84. The largest absolute Gasteiger partial charge is 0.460 e. The second kappa shape index (κ2) is 6.82. The Morgan fingerprint density at radius 3 is 2.29 bits per heavy atom. The van der Waals surface area contributed by atoms with Crippen LogP contribution in [0, 0.1) is 0 Å². The fraction of sp³-hybridized carbons (Fsp3) is 0.333. The van der Waals surface area contributed by atoms with E-state index in [9.17, 15) is 0 Å². The van der Waals surface area contributed by atoms with Gasteiger partial charge in [0.05, 0.1) is 0 Å². The Labute approximate surface area is 63.7 Å². The van der Waals surface area contributed by atoms with Gasteiger partial charge in [0.25, 0.3) is 0 Å². The minimum Gasteiger partial charge on any atom is -0.460 e. The fourth-order valence-corrected chi connectivity index (χ4v) is 0.612. The van der Waals surface area contributed by atoms with Gasteiger partial charge in [0.15, 0.2) is 19.5 Å². The van der Waals surface area contributed by atoms with E-state index in [1.54, 1.807) is 10.5 Å². The zero-order valence-electron chi connectivity index (χ0n) is 4.29. The van der Waals surface area contributed by atoms with Crippen molar-refractivity contribution < 1.29 is 25.2 Å². The van der Waals surface area contributed by atoms with Crippen LogP contribution in [-0.2, 0) is 25.2 Å². The van der Waals surface area contributed by atoms with Crippen LogP contribution in [0.5, 0.6) is 0 Å². The summed E-state index contributed by atoms with van der Waals surface area (Å²) >= 11 is 0. The molecule has 0 aliphatic rings. The van der Waals surface area contributed by atoms with Crippen LogP contribution in [0.25, 0.3) is 0 Å². The van der Waals surface area contributed by atoms with E-state index in [1.807, 2.05) is 5.70 Å². The molecule has 0 N–H and O–H groups in total. The van der Waals surface area contributed by atoms with E-state index >= 15 is 0 Å². The molecule has 0 bridgehead atoms. The maximum Gasteiger partial charge on any atom is 0.183 e. The van der Waals surface area contributed by atoms with E-state index in [1.165, 1.54) is 0 Å². The molecule has 0 saturated carbocycles. The molecule has 0 aliphatic heterocycles. The molecule has 0 fully saturated rings. The van der Waals surface area contributed by atoms with Gasteiger partial charge < -0.3 is 4.12 Å². The first-order chi connectivity index (χ1) is 2.81. The Hall–Kier alpha value is 0.822. The molecule has 0 spiro atoms. The van der Waals surface area contributed by atoms with Crippen LogP contribution in [0.2, 0.25) is 6.55 Å². The smallest absolute Gasteiger partial charge is 0.183 e. The molecule has 7 heavy (non-hydrogen) atoms. The second-order valence-electron chi connectivity index (χ2n) is 1.11. The van der Waals surface area contributed by atoms with Crippen molar-refractivity contribution in [1.29, 1.82) is 0 Å². The molecule has 0 amide bonds. The molecule has 0 rings (SSSR count). The number of hydrogen-bond donors (Lipinski definition) is 0. The van der Waals surface area contributed by atoms with Crippen LogP contribution < -0.4 is 0 Å². The van der Waals surface area contributed by atoms with Gasteiger partial charge in [-0.3, -0.25) is 0 Å². The predicted octanol–water partition coefficient (Wildman–Crippen LogP) is -0.373. The van der Waals surface area contributed by atoms with E-state index in [0.29, 0.717) is 0 Å². The minimum absolute atomic E-state index is 0. The van der Waals surface area contributed by atoms with Crippen LogP contribution in [0.1, 0.15) is 0 Å². The molecule has 4 heteroatoms. The van der Waals surface area contributed by atoms with Crippen LogP contribution >= 0.6 is 0 Å². The Bertz CT molecular complexity index is 50.2. The van der Waals surface area contributed by atoms with Crippen molar-refractivity contribution in [3.8, 4) is 0 Å². The summed E-state index contributed by atoms with van der Waals surface area (Å²) in [4.78, 5) is 0. The van der Waals surface area contributed by atoms with Gasteiger partial charge in [-0.2, -0.15) is 0 Å². The van der Waals surface area contributed by atoms with Gasteiger partial charge in [0.1, 0.15) is 0 Å². The van der Waals surface area contributed by atoms with Crippen LogP contribution in [-0.4, -0.2) is 19.5 Å². The summed E-state index contributed by atoms with van der Waals surface area (Å²) < 4.78 is 4.95. The minimum atomic E-state index is -0.884. The van der Waals surface area contributed by atoms with Crippen molar-refractivity contribution >= 4 is 19.5 Å². The third-order valence-electron chi connectivity index (χ3n) is 0.595. The summed E-state index contributed by atoms with van der Waals surface area (Å²) in [5.41, 5.74) is 1.90. The van der Waals surface area contributed by atoms with Crippen LogP contribution in [0.4, 0.5) is 0 Å². The number of hydrogen-bond acceptors (Lipinski definition) is 1. The Kier molecular flexibility index (Phi) is 10.5. The monoisotopic (exact) mass is 312 g/mol. The Balaban J connectivity index is 0. The first kappa shape index (κ1) is 10.7. The van der Waals surface area contributed by atoms with Crippen molar-refractivity contribution in [2.24, 2.45) is 0 Å². The summed E-state index contributed by atoms with van der Waals surface area (Å²) in [6.45, 7) is 5.66.